The first-order valence-corrected chi connectivity index (χ1v) is 17.4. The Kier molecular flexibility index (Phi) is 9.99. The highest BCUT2D eigenvalue weighted by Crippen LogP contribution is 2.34. The van der Waals surface area contributed by atoms with Crippen molar-refractivity contribution in [1.82, 2.24) is 30.0 Å². The van der Waals surface area contributed by atoms with E-state index in [2.05, 4.69) is 37.6 Å². The van der Waals surface area contributed by atoms with Crippen LogP contribution in [-0.4, -0.2) is 108 Å². The van der Waals surface area contributed by atoms with Crippen LogP contribution >= 0.6 is 11.3 Å². The number of nitrogens with zero attached hydrogens (tertiary/aromatic N) is 5. The fourth-order valence-electron chi connectivity index (χ4n) is 6.41. The van der Waals surface area contributed by atoms with Crippen LogP contribution in [0.25, 0.3) is 38.4 Å². The van der Waals surface area contributed by atoms with Crippen LogP contribution in [0, 0.1) is 0 Å². The van der Waals surface area contributed by atoms with Crippen molar-refractivity contribution in [2.24, 2.45) is 0 Å². The third kappa shape index (κ3) is 7.17. The Balaban J connectivity index is 0.953. The number of aromatic amines is 1. The summed E-state index contributed by atoms with van der Waals surface area (Å²) in [5.74, 6) is 1.28. The van der Waals surface area contributed by atoms with Gasteiger partial charge in [0.2, 0.25) is 5.91 Å². The molecule has 13 heteroatoms. The first kappa shape index (κ1) is 33.5. The van der Waals surface area contributed by atoms with Gasteiger partial charge in [-0.05, 0) is 79.1 Å². The summed E-state index contributed by atoms with van der Waals surface area (Å²) in [5, 5.41) is 11.6. The Morgan fingerprint density at radius 2 is 1.82 bits per heavy atom. The summed E-state index contributed by atoms with van der Waals surface area (Å²) in [6.07, 6.45) is 6.89. The number of thiophene rings is 1. The standard InChI is InChI=1S/C37H39N7O5S/c1-47-20-21-49-28-7-4-26(5-8-28)34-29-22-27(6-9-30(29)41-42-34)40-36(46)37(48-2)14-19-43(24-37)23-33(45)44-17-12-25(13-18-44)31-10-11-32(50-31)35-38-15-3-16-39-35/h3-12,15-16,22H,13-14,17-21,23-24H2,1-2H3,(H,40,46)(H,41,42)/t37-/m0/s1. The maximum Gasteiger partial charge on any atom is 0.258 e. The summed E-state index contributed by atoms with van der Waals surface area (Å²) in [5.41, 5.74) is 3.35. The molecule has 7 rings (SSSR count). The molecule has 5 aromatic rings. The smallest absolute Gasteiger partial charge is 0.258 e. The molecule has 0 spiro atoms. The van der Waals surface area contributed by atoms with E-state index < -0.39 is 5.60 Å². The number of likely N-dealkylation sites (tertiary alicyclic amines) is 1. The molecule has 5 heterocycles. The largest absolute Gasteiger partial charge is 0.491 e. The predicted octanol–water partition coefficient (Wildman–Crippen LogP) is 5.12. The van der Waals surface area contributed by atoms with E-state index >= 15 is 0 Å². The number of aromatic nitrogens is 4. The average molecular weight is 694 g/mol. The van der Waals surface area contributed by atoms with Crippen LogP contribution in [0.1, 0.15) is 17.7 Å². The Labute approximate surface area is 294 Å². The molecule has 2 amide bonds. The van der Waals surface area contributed by atoms with E-state index in [1.54, 1.807) is 38.0 Å². The second kappa shape index (κ2) is 14.9. The molecule has 2 aromatic carbocycles. The first-order chi connectivity index (χ1) is 24.4. The number of hydrogen-bond acceptors (Lipinski definition) is 10. The van der Waals surface area contributed by atoms with Crippen molar-refractivity contribution in [3.63, 3.8) is 0 Å². The van der Waals surface area contributed by atoms with Gasteiger partial charge in [-0.3, -0.25) is 19.6 Å². The lowest BCUT2D eigenvalue weighted by Crippen LogP contribution is -2.48. The number of carbonyl (C=O) groups excluding carboxylic acids is 2. The number of benzene rings is 2. The highest BCUT2D eigenvalue weighted by molar-refractivity contribution is 7.16. The third-order valence-electron chi connectivity index (χ3n) is 9.25. The number of ether oxygens (including phenoxy) is 3. The van der Waals surface area contributed by atoms with Crippen molar-refractivity contribution in [3.05, 3.63) is 84.0 Å². The van der Waals surface area contributed by atoms with Gasteiger partial charge in [0, 0.05) is 74.3 Å². The molecule has 0 bridgehead atoms. The normalized spacial score (nSPS) is 18.0. The fraction of sp³-hybridized carbons (Fsp3) is 0.324. The van der Waals surface area contributed by atoms with Crippen molar-refractivity contribution in [1.29, 1.82) is 0 Å². The number of hydrogen-bond donors (Lipinski definition) is 2. The molecule has 0 aliphatic carbocycles. The van der Waals surface area contributed by atoms with Crippen LogP contribution in [0.3, 0.4) is 0 Å². The summed E-state index contributed by atoms with van der Waals surface area (Å²) in [6.45, 7) is 3.33. The Morgan fingerprint density at radius 1 is 1.00 bits per heavy atom. The zero-order chi connectivity index (χ0) is 34.5. The zero-order valence-electron chi connectivity index (χ0n) is 28.1. The molecule has 50 heavy (non-hydrogen) atoms. The van der Waals surface area contributed by atoms with E-state index in [1.807, 2.05) is 64.4 Å². The van der Waals surface area contributed by atoms with Crippen molar-refractivity contribution >= 4 is 45.3 Å². The van der Waals surface area contributed by atoms with Gasteiger partial charge in [0.1, 0.15) is 12.4 Å². The minimum Gasteiger partial charge on any atom is -0.491 e. The van der Waals surface area contributed by atoms with Gasteiger partial charge in [-0.25, -0.2) is 9.97 Å². The van der Waals surface area contributed by atoms with Crippen LogP contribution in [0.15, 0.2) is 79.1 Å². The van der Waals surface area contributed by atoms with Crippen molar-refractivity contribution in [3.8, 4) is 27.7 Å². The van der Waals surface area contributed by atoms with E-state index in [0.29, 0.717) is 51.5 Å². The van der Waals surface area contributed by atoms with E-state index in [-0.39, 0.29) is 18.4 Å². The lowest BCUT2D eigenvalue weighted by atomic mass is 10.0. The SMILES string of the molecule is COCCOc1ccc(-c2n[nH]c3ccc(NC(=O)[C@]4(OC)CCN(CC(=O)N5CC=C(c6ccc(-c7ncccn7)s6)CC5)C4)cc23)cc1. The first-order valence-electron chi connectivity index (χ1n) is 16.6. The van der Waals surface area contributed by atoms with Crippen molar-refractivity contribution in [2.75, 3.05) is 65.5 Å². The molecule has 2 N–H and O–H groups in total. The number of methoxy groups -OCH3 is 2. The molecule has 258 valence electrons. The topological polar surface area (TPSA) is 135 Å². The minimum absolute atomic E-state index is 0.0460. The molecule has 1 saturated heterocycles. The van der Waals surface area contributed by atoms with Crippen LogP contribution in [0.2, 0.25) is 0 Å². The van der Waals surface area contributed by atoms with Gasteiger partial charge in [0.15, 0.2) is 11.4 Å². The van der Waals surface area contributed by atoms with E-state index in [4.69, 9.17) is 14.2 Å². The maximum atomic E-state index is 13.7. The predicted molar refractivity (Wildman–Crippen MR) is 193 cm³/mol. The zero-order valence-corrected chi connectivity index (χ0v) is 28.9. The molecule has 0 saturated carbocycles. The summed E-state index contributed by atoms with van der Waals surface area (Å²) in [7, 11) is 3.20. The second-order valence-corrected chi connectivity index (χ2v) is 13.5. The van der Waals surface area contributed by atoms with Gasteiger partial charge in [0.05, 0.1) is 29.2 Å². The number of fused-ring (bicyclic) bond motifs is 1. The molecule has 0 radical (unpaired) electrons. The lowest BCUT2D eigenvalue weighted by molar-refractivity contribution is -0.138. The summed E-state index contributed by atoms with van der Waals surface area (Å²) >= 11 is 1.67. The summed E-state index contributed by atoms with van der Waals surface area (Å²) in [6, 6.07) is 19.3. The number of amides is 2. The average Bonchev–Trinajstić information content (AvgIpc) is 3.92. The van der Waals surface area contributed by atoms with Crippen LogP contribution < -0.4 is 10.1 Å². The number of carbonyl (C=O) groups is 2. The summed E-state index contributed by atoms with van der Waals surface area (Å²) in [4.78, 5) is 41.9. The number of H-pyrrole nitrogens is 1. The molecule has 2 aliphatic rings. The molecule has 2 aliphatic heterocycles. The molecular formula is C37H39N7O5S. The van der Waals surface area contributed by atoms with Crippen molar-refractivity contribution < 1.29 is 23.8 Å². The number of rotatable bonds is 12. The van der Waals surface area contributed by atoms with E-state index in [1.165, 1.54) is 10.5 Å². The third-order valence-corrected chi connectivity index (χ3v) is 10.4. The fourth-order valence-corrected chi connectivity index (χ4v) is 7.44. The number of nitrogens with one attached hydrogen (secondary N) is 2. The summed E-state index contributed by atoms with van der Waals surface area (Å²) < 4.78 is 16.6. The Bertz CT molecular complexity index is 1990. The van der Waals surface area contributed by atoms with Gasteiger partial charge < -0.3 is 24.4 Å². The minimum atomic E-state index is -1.07. The van der Waals surface area contributed by atoms with Gasteiger partial charge in [-0.1, -0.05) is 6.08 Å². The molecule has 1 fully saturated rings. The molecule has 0 unspecified atom stereocenters. The van der Waals surface area contributed by atoms with Gasteiger partial charge in [0.25, 0.3) is 5.91 Å². The lowest BCUT2D eigenvalue weighted by Gasteiger charge is -2.29. The van der Waals surface area contributed by atoms with Crippen LogP contribution in [0.5, 0.6) is 5.75 Å². The van der Waals surface area contributed by atoms with E-state index in [9.17, 15) is 9.59 Å². The van der Waals surface area contributed by atoms with E-state index in [0.717, 1.165) is 45.0 Å². The Hall–Kier alpha value is -4.95. The van der Waals surface area contributed by atoms with Crippen molar-refractivity contribution in [2.45, 2.75) is 18.4 Å². The molecule has 12 nitrogen and oxygen atoms in total. The second-order valence-electron chi connectivity index (χ2n) is 12.4. The van der Waals surface area contributed by atoms with Gasteiger partial charge in [-0.15, -0.1) is 11.3 Å². The highest BCUT2D eigenvalue weighted by atomic mass is 32.1. The van der Waals surface area contributed by atoms with Crippen LogP contribution in [-0.2, 0) is 19.1 Å². The molecular weight excluding hydrogens is 655 g/mol. The highest BCUT2D eigenvalue weighted by Gasteiger charge is 2.45. The Morgan fingerprint density at radius 3 is 2.58 bits per heavy atom. The maximum absolute atomic E-state index is 13.7. The monoisotopic (exact) mass is 693 g/mol. The molecule has 1 atom stereocenters. The van der Waals surface area contributed by atoms with Crippen LogP contribution in [0.4, 0.5) is 5.69 Å². The quantitative estimate of drug-likeness (QED) is 0.171. The number of anilines is 1. The van der Waals surface area contributed by atoms with Gasteiger partial charge in [-0.2, -0.15) is 5.10 Å². The van der Waals surface area contributed by atoms with Gasteiger partial charge >= 0.3 is 0 Å². The molecule has 3 aromatic heterocycles.